The number of hydrogen-bond acceptors (Lipinski definition) is 6. The zero-order chi connectivity index (χ0) is 26.7. The van der Waals surface area contributed by atoms with Crippen LogP contribution < -0.4 is 0 Å². The number of unbranched alkanes of at least 4 members (excludes halogenated alkanes) is 14. The summed E-state index contributed by atoms with van der Waals surface area (Å²) in [5, 5.41) is 17.8. The van der Waals surface area contributed by atoms with Crippen molar-refractivity contribution in [3.63, 3.8) is 0 Å². The highest BCUT2D eigenvalue weighted by atomic mass is 16.5. The van der Waals surface area contributed by atoms with E-state index in [9.17, 15) is 0 Å². The number of nitrogens with zero attached hydrogens (tertiary/aromatic N) is 3. The van der Waals surface area contributed by atoms with Gasteiger partial charge in [0.15, 0.2) is 0 Å². The minimum Gasteiger partial charge on any atom is -0.394 e. The predicted octanol–water partition coefficient (Wildman–Crippen LogP) is 5.62. The maximum Gasteiger partial charge on any atom is 0.108 e. The number of ether oxygens (including phenoxy) is 2. The van der Waals surface area contributed by atoms with Gasteiger partial charge in [-0.2, -0.15) is 0 Å². The van der Waals surface area contributed by atoms with E-state index in [-0.39, 0.29) is 13.2 Å². The van der Waals surface area contributed by atoms with E-state index in [1.54, 1.807) is 0 Å². The van der Waals surface area contributed by atoms with Crippen LogP contribution >= 0.6 is 0 Å². The van der Waals surface area contributed by atoms with Crippen LogP contribution in [0.25, 0.3) is 0 Å². The topological polar surface area (TPSA) is 80.0 Å². The Hall–Kier alpha value is -0.990. The quantitative estimate of drug-likeness (QED) is 0.132. The van der Waals surface area contributed by atoms with Gasteiger partial charge < -0.3 is 24.3 Å². The number of hydrogen-bond donors (Lipinski definition) is 2. The van der Waals surface area contributed by atoms with Gasteiger partial charge in [-0.1, -0.05) is 96.8 Å². The SMILES string of the molecule is CCCCCCCCCCCCCCCCCc1nccn1CCN(CCOCCO)CCOCCO. The number of imidazole rings is 1. The van der Waals surface area contributed by atoms with Gasteiger partial charge >= 0.3 is 0 Å². The molecular weight excluding hydrogens is 466 g/mol. The van der Waals surface area contributed by atoms with Gasteiger partial charge in [-0.15, -0.1) is 0 Å². The molecular formula is C30H59N3O4. The van der Waals surface area contributed by atoms with Gasteiger partial charge in [0.25, 0.3) is 0 Å². The molecule has 0 spiro atoms. The van der Waals surface area contributed by atoms with E-state index in [4.69, 9.17) is 19.7 Å². The minimum atomic E-state index is 0.0529. The van der Waals surface area contributed by atoms with Crippen molar-refractivity contribution in [2.45, 2.75) is 116 Å². The third-order valence-electron chi connectivity index (χ3n) is 7.04. The Morgan fingerprint density at radius 1 is 0.676 bits per heavy atom. The molecule has 0 radical (unpaired) electrons. The Labute approximate surface area is 227 Å². The van der Waals surface area contributed by atoms with Crippen LogP contribution in [0.4, 0.5) is 0 Å². The second-order valence-electron chi connectivity index (χ2n) is 10.3. The summed E-state index contributed by atoms with van der Waals surface area (Å²) >= 11 is 0. The first-order valence-electron chi connectivity index (χ1n) is 15.4. The van der Waals surface area contributed by atoms with Gasteiger partial charge in [0.2, 0.25) is 0 Å². The average Bonchev–Trinajstić information content (AvgIpc) is 3.36. The smallest absolute Gasteiger partial charge is 0.108 e. The molecule has 37 heavy (non-hydrogen) atoms. The minimum absolute atomic E-state index is 0.0529. The highest BCUT2D eigenvalue weighted by Gasteiger charge is 2.08. The van der Waals surface area contributed by atoms with Crippen LogP contribution in [0, 0.1) is 0 Å². The van der Waals surface area contributed by atoms with Crippen molar-refractivity contribution in [2.75, 3.05) is 59.3 Å². The van der Waals surface area contributed by atoms with Crippen LogP contribution in [0.1, 0.15) is 109 Å². The molecule has 0 amide bonds. The molecule has 1 heterocycles. The van der Waals surface area contributed by atoms with Crippen LogP contribution in [0.5, 0.6) is 0 Å². The van der Waals surface area contributed by atoms with E-state index in [0.29, 0.717) is 26.4 Å². The molecule has 0 saturated heterocycles. The molecule has 0 saturated carbocycles. The third kappa shape index (κ3) is 20.6. The van der Waals surface area contributed by atoms with Crippen molar-refractivity contribution in [3.8, 4) is 0 Å². The first kappa shape index (κ1) is 34.0. The molecule has 1 aromatic heterocycles. The molecule has 7 nitrogen and oxygen atoms in total. The van der Waals surface area contributed by atoms with E-state index >= 15 is 0 Å². The predicted molar refractivity (Wildman–Crippen MR) is 153 cm³/mol. The average molecular weight is 526 g/mol. The molecule has 1 aromatic rings. The lowest BCUT2D eigenvalue weighted by Gasteiger charge is -2.23. The molecule has 0 atom stereocenters. The number of rotatable bonds is 29. The lowest BCUT2D eigenvalue weighted by molar-refractivity contribution is 0.0498. The highest BCUT2D eigenvalue weighted by molar-refractivity contribution is 4.92. The van der Waals surface area contributed by atoms with Crippen LogP contribution in [-0.4, -0.2) is 83.9 Å². The van der Waals surface area contributed by atoms with Crippen molar-refractivity contribution in [1.29, 1.82) is 0 Å². The zero-order valence-corrected chi connectivity index (χ0v) is 24.1. The second kappa shape index (κ2) is 26.6. The van der Waals surface area contributed by atoms with E-state index in [1.807, 2.05) is 6.20 Å². The first-order chi connectivity index (χ1) is 18.3. The fraction of sp³-hybridized carbons (Fsp3) is 0.900. The maximum absolute atomic E-state index is 8.90. The normalized spacial score (nSPS) is 11.7. The molecule has 1 rings (SSSR count). The summed E-state index contributed by atoms with van der Waals surface area (Å²) in [4.78, 5) is 6.92. The Balaban J connectivity index is 2.10. The lowest BCUT2D eigenvalue weighted by Crippen LogP contribution is -2.34. The Kier molecular flexibility index (Phi) is 24.5. The molecule has 0 aromatic carbocycles. The molecule has 2 N–H and O–H groups in total. The van der Waals surface area contributed by atoms with Gasteiger partial charge in [-0.3, -0.25) is 4.90 Å². The fourth-order valence-corrected chi connectivity index (χ4v) is 4.73. The molecule has 0 bridgehead atoms. The molecule has 7 heteroatoms. The van der Waals surface area contributed by atoms with Crippen molar-refractivity contribution in [1.82, 2.24) is 14.5 Å². The summed E-state index contributed by atoms with van der Waals surface area (Å²) in [5.74, 6) is 1.18. The standard InChI is InChI=1S/C30H59N3O4/c1-2-3-4-5-6-7-8-9-10-11-12-13-14-15-16-17-30-31-18-19-33(30)21-20-32(22-26-36-28-24-34)23-27-37-29-25-35/h18-19,34-35H,2-17,20-29H2,1H3. The van der Waals surface area contributed by atoms with Gasteiger partial charge in [-0.25, -0.2) is 4.98 Å². The van der Waals surface area contributed by atoms with Gasteiger partial charge in [-0.05, 0) is 6.42 Å². The summed E-state index contributed by atoms with van der Waals surface area (Å²) in [6, 6.07) is 0. The number of aliphatic hydroxyl groups excluding tert-OH is 2. The first-order valence-corrected chi connectivity index (χ1v) is 15.4. The zero-order valence-electron chi connectivity index (χ0n) is 24.1. The number of aliphatic hydroxyl groups is 2. The molecule has 0 fully saturated rings. The highest BCUT2D eigenvalue weighted by Crippen LogP contribution is 2.14. The Morgan fingerprint density at radius 3 is 1.65 bits per heavy atom. The van der Waals surface area contributed by atoms with E-state index in [1.165, 1.54) is 102 Å². The summed E-state index contributed by atoms with van der Waals surface area (Å²) < 4.78 is 13.2. The fourth-order valence-electron chi connectivity index (χ4n) is 4.73. The van der Waals surface area contributed by atoms with Crippen molar-refractivity contribution < 1.29 is 19.7 Å². The molecule has 0 aliphatic heterocycles. The second-order valence-corrected chi connectivity index (χ2v) is 10.3. The lowest BCUT2D eigenvalue weighted by atomic mass is 10.0. The van der Waals surface area contributed by atoms with Gasteiger partial charge in [0.1, 0.15) is 5.82 Å². The molecule has 0 aliphatic rings. The van der Waals surface area contributed by atoms with Crippen LogP contribution in [0.15, 0.2) is 12.4 Å². The van der Waals surface area contributed by atoms with E-state index in [0.717, 1.165) is 32.6 Å². The summed E-state index contributed by atoms with van der Waals surface area (Å²) in [7, 11) is 0. The third-order valence-corrected chi connectivity index (χ3v) is 7.04. The van der Waals surface area contributed by atoms with Crippen molar-refractivity contribution in [3.05, 3.63) is 18.2 Å². The van der Waals surface area contributed by atoms with Crippen LogP contribution in [0.2, 0.25) is 0 Å². The van der Waals surface area contributed by atoms with Gasteiger partial charge in [0, 0.05) is 45.0 Å². The molecule has 0 aliphatic carbocycles. The summed E-state index contributed by atoms with van der Waals surface area (Å²) in [6.07, 6.45) is 25.9. The number of aromatic nitrogens is 2. The Morgan fingerprint density at radius 2 is 1.16 bits per heavy atom. The van der Waals surface area contributed by atoms with Crippen LogP contribution in [-0.2, 0) is 22.4 Å². The monoisotopic (exact) mass is 525 g/mol. The Bertz CT molecular complexity index is 573. The summed E-state index contributed by atoms with van der Waals surface area (Å²) in [5.41, 5.74) is 0. The van der Waals surface area contributed by atoms with Gasteiger partial charge in [0.05, 0.1) is 39.6 Å². The van der Waals surface area contributed by atoms with Crippen molar-refractivity contribution in [2.24, 2.45) is 0 Å². The number of aryl methyl sites for hydroxylation is 1. The van der Waals surface area contributed by atoms with E-state index < -0.39 is 0 Å². The largest absolute Gasteiger partial charge is 0.394 e. The summed E-state index contributed by atoms with van der Waals surface area (Å²) in [6.45, 7) is 7.72. The van der Waals surface area contributed by atoms with Crippen molar-refractivity contribution >= 4 is 0 Å². The maximum atomic E-state index is 8.90. The molecule has 218 valence electrons. The molecule has 0 unspecified atom stereocenters. The van der Waals surface area contributed by atoms with Crippen LogP contribution in [0.3, 0.4) is 0 Å². The van der Waals surface area contributed by atoms with E-state index in [2.05, 4.69) is 27.6 Å².